The Morgan fingerprint density at radius 2 is 2.38 bits per heavy atom. The Labute approximate surface area is 76.2 Å². The number of carbonyl (C=O) groups is 1. The molecule has 1 aromatic heterocycles. The summed E-state index contributed by atoms with van der Waals surface area (Å²) in [5.41, 5.74) is -1.36. The van der Waals surface area contributed by atoms with Gasteiger partial charge in [0.2, 0.25) is 0 Å². The van der Waals surface area contributed by atoms with Gasteiger partial charge in [0.25, 0.3) is 0 Å². The molecule has 1 N–H and O–H groups in total. The van der Waals surface area contributed by atoms with Gasteiger partial charge in [-0.1, -0.05) is 0 Å². The fourth-order valence-corrected chi connectivity index (χ4v) is 0.991. The number of rotatable bonds is 3. The Hall–Kier alpha value is -1.42. The average Bonchev–Trinajstić information content (AvgIpc) is 2.18. The lowest BCUT2D eigenvalue weighted by Gasteiger charge is -2.17. The number of ether oxygens (including phenoxy) is 1. The number of aldehydes is 1. The summed E-state index contributed by atoms with van der Waals surface area (Å²) in [5, 5.41) is 9.60. The number of pyridine rings is 1. The monoisotopic (exact) mass is 181 g/mol. The zero-order chi connectivity index (χ0) is 9.90. The second-order valence-electron chi connectivity index (χ2n) is 2.82. The van der Waals surface area contributed by atoms with Gasteiger partial charge in [0, 0.05) is 6.20 Å². The molecule has 4 nitrogen and oxygen atoms in total. The van der Waals surface area contributed by atoms with Crippen LogP contribution < -0.4 is 4.74 Å². The van der Waals surface area contributed by atoms with Crippen molar-refractivity contribution >= 4 is 6.29 Å². The number of nitrogens with zero attached hydrogens (tertiary/aromatic N) is 1. The lowest BCUT2D eigenvalue weighted by molar-refractivity contribution is -0.123. The molecule has 1 heterocycles. The first-order chi connectivity index (χ1) is 6.11. The molecule has 0 saturated heterocycles. The predicted molar refractivity (Wildman–Crippen MR) is 46.4 cm³/mol. The molecule has 0 radical (unpaired) electrons. The highest BCUT2D eigenvalue weighted by Crippen LogP contribution is 2.25. The third-order valence-corrected chi connectivity index (χ3v) is 1.70. The van der Waals surface area contributed by atoms with Crippen LogP contribution in [0.15, 0.2) is 18.3 Å². The largest absolute Gasteiger partial charge is 0.495 e. The van der Waals surface area contributed by atoms with E-state index >= 15 is 0 Å². The minimum atomic E-state index is -1.59. The van der Waals surface area contributed by atoms with Crippen molar-refractivity contribution in [3.63, 3.8) is 0 Å². The van der Waals surface area contributed by atoms with Crippen molar-refractivity contribution in [1.82, 2.24) is 4.98 Å². The lowest BCUT2D eigenvalue weighted by atomic mass is 10.0. The third-order valence-electron chi connectivity index (χ3n) is 1.70. The van der Waals surface area contributed by atoms with Gasteiger partial charge in [-0.3, -0.25) is 9.78 Å². The summed E-state index contributed by atoms with van der Waals surface area (Å²) in [6.45, 7) is 1.37. The van der Waals surface area contributed by atoms with Crippen LogP contribution in [0, 0.1) is 0 Å². The maximum absolute atomic E-state index is 10.5. The first-order valence-electron chi connectivity index (χ1n) is 3.80. The molecule has 1 unspecified atom stereocenters. The Kier molecular flexibility index (Phi) is 2.63. The van der Waals surface area contributed by atoms with Crippen LogP contribution in [0.2, 0.25) is 0 Å². The molecule has 1 rings (SSSR count). The topological polar surface area (TPSA) is 59.4 Å². The number of carbonyl (C=O) groups excluding carboxylic acids is 1. The van der Waals surface area contributed by atoms with Crippen LogP contribution in [0.25, 0.3) is 0 Å². The van der Waals surface area contributed by atoms with Gasteiger partial charge in [0.05, 0.1) is 7.11 Å². The van der Waals surface area contributed by atoms with Crippen LogP contribution in [0.4, 0.5) is 0 Å². The number of hydrogen-bond donors (Lipinski definition) is 1. The smallest absolute Gasteiger partial charge is 0.162 e. The van der Waals surface area contributed by atoms with E-state index in [9.17, 15) is 9.90 Å². The Morgan fingerprint density at radius 3 is 2.92 bits per heavy atom. The highest BCUT2D eigenvalue weighted by molar-refractivity contribution is 5.65. The number of methoxy groups -OCH3 is 1. The molecule has 0 spiro atoms. The second-order valence-corrected chi connectivity index (χ2v) is 2.82. The molecule has 0 aromatic carbocycles. The molecule has 1 aromatic rings. The maximum Gasteiger partial charge on any atom is 0.162 e. The summed E-state index contributed by atoms with van der Waals surface area (Å²) >= 11 is 0. The van der Waals surface area contributed by atoms with E-state index in [1.807, 2.05) is 0 Å². The molecule has 70 valence electrons. The summed E-state index contributed by atoms with van der Waals surface area (Å²) in [6.07, 6.45) is 1.92. The molecular formula is C9H11NO3. The van der Waals surface area contributed by atoms with E-state index in [2.05, 4.69) is 4.98 Å². The second kappa shape index (κ2) is 3.53. The molecule has 1 atom stereocenters. The fourth-order valence-electron chi connectivity index (χ4n) is 0.991. The van der Waals surface area contributed by atoms with Crippen molar-refractivity contribution < 1.29 is 14.6 Å². The Bertz CT molecular complexity index is 309. The number of hydrogen-bond acceptors (Lipinski definition) is 4. The van der Waals surface area contributed by atoms with Gasteiger partial charge in [-0.25, -0.2) is 0 Å². The summed E-state index contributed by atoms with van der Waals surface area (Å²) in [6, 6.07) is 3.31. The third kappa shape index (κ3) is 1.84. The lowest BCUT2D eigenvalue weighted by Crippen LogP contribution is -2.24. The summed E-state index contributed by atoms with van der Waals surface area (Å²) in [4.78, 5) is 14.4. The van der Waals surface area contributed by atoms with Crippen LogP contribution in [0.1, 0.15) is 12.6 Å². The quantitative estimate of drug-likeness (QED) is 0.690. The highest BCUT2D eigenvalue weighted by atomic mass is 16.5. The first kappa shape index (κ1) is 9.67. The molecule has 4 heteroatoms. The zero-order valence-electron chi connectivity index (χ0n) is 7.52. The van der Waals surface area contributed by atoms with Gasteiger partial charge in [-0.05, 0) is 19.1 Å². The van der Waals surface area contributed by atoms with Crippen LogP contribution in [0.5, 0.6) is 5.75 Å². The number of aromatic nitrogens is 1. The van der Waals surface area contributed by atoms with Gasteiger partial charge in [-0.15, -0.1) is 0 Å². The molecule has 0 amide bonds. The van der Waals surface area contributed by atoms with E-state index in [0.717, 1.165) is 0 Å². The minimum absolute atomic E-state index is 0.229. The van der Waals surface area contributed by atoms with Crippen molar-refractivity contribution in [2.24, 2.45) is 0 Å². The van der Waals surface area contributed by atoms with Gasteiger partial charge >= 0.3 is 0 Å². The van der Waals surface area contributed by atoms with Crippen molar-refractivity contribution in [2.45, 2.75) is 12.5 Å². The Balaban J connectivity index is 3.20. The zero-order valence-corrected chi connectivity index (χ0v) is 7.52. The first-order valence-corrected chi connectivity index (χ1v) is 3.80. The normalized spacial score (nSPS) is 14.7. The molecule has 0 aliphatic heterocycles. The van der Waals surface area contributed by atoms with Gasteiger partial charge in [0.1, 0.15) is 11.4 Å². The minimum Gasteiger partial charge on any atom is -0.495 e. The molecular weight excluding hydrogens is 170 g/mol. The van der Waals surface area contributed by atoms with Gasteiger partial charge in [-0.2, -0.15) is 0 Å². The standard InChI is InChI=1S/C9H11NO3/c1-9(12,6-11)8-7(13-2)4-3-5-10-8/h3-6,12H,1-2H3. The molecule has 0 bridgehead atoms. The predicted octanol–water partition coefficient (Wildman–Crippen LogP) is 0.497. The fraction of sp³-hybridized carbons (Fsp3) is 0.333. The van der Waals surface area contributed by atoms with Crippen LogP contribution in [0.3, 0.4) is 0 Å². The van der Waals surface area contributed by atoms with Gasteiger partial charge < -0.3 is 9.84 Å². The van der Waals surface area contributed by atoms with E-state index in [4.69, 9.17) is 4.74 Å². The van der Waals surface area contributed by atoms with Crippen LogP contribution in [-0.4, -0.2) is 23.5 Å². The van der Waals surface area contributed by atoms with Crippen molar-refractivity contribution in [3.8, 4) is 5.75 Å². The van der Waals surface area contributed by atoms with Crippen molar-refractivity contribution in [1.29, 1.82) is 0 Å². The van der Waals surface area contributed by atoms with E-state index < -0.39 is 5.60 Å². The van der Waals surface area contributed by atoms with E-state index in [1.165, 1.54) is 20.2 Å². The molecule has 13 heavy (non-hydrogen) atoms. The summed E-state index contributed by atoms with van der Waals surface area (Å²) < 4.78 is 4.95. The van der Waals surface area contributed by atoms with E-state index in [0.29, 0.717) is 12.0 Å². The maximum atomic E-state index is 10.5. The molecule has 0 saturated carbocycles. The SMILES string of the molecule is COc1cccnc1C(C)(O)C=O. The number of aliphatic hydroxyl groups is 1. The van der Waals surface area contributed by atoms with E-state index in [1.54, 1.807) is 12.1 Å². The van der Waals surface area contributed by atoms with Gasteiger partial charge in [0.15, 0.2) is 11.9 Å². The van der Waals surface area contributed by atoms with Crippen molar-refractivity contribution in [3.05, 3.63) is 24.0 Å². The molecule has 0 aliphatic rings. The molecule has 0 aliphatic carbocycles. The van der Waals surface area contributed by atoms with Crippen molar-refractivity contribution in [2.75, 3.05) is 7.11 Å². The highest BCUT2D eigenvalue weighted by Gasteiger charge is 2.27. The van der Waals surface area contributed by atoms with Crippen LogP contribution in [-0.2, 0) is 10.4 Å². The summed E-state index contributed by atoms with van der Waals surface area (Å²) in [7, 11) is 1.46. The van der Waals surface area contributed by atoms with E-state index in [-0.39, 0.29) is 5.69 Å². The molecule has 0 fully saturated rings. The van der Waals surface area contributed by atoms with Crippen LogP contribution >= 0.6 is 0 Å². The Morgan fingerprint density at radius 1 is 1.69 bits per heavy atom. The summed E-state index contributed by atoms with van der Waals surface area (Å²) in [5.74, 6) is 0.402. The average molecular weight is 181 g/mol.